The molecule has 0 heterocycles. The molecular formula is C20H25NO6. The molecule has 7 nitrogen and oxygen atoms in total. The van der Waals surface area contributed by atoms with Gasteiger partial charge in [-0.2, -0.15) is 5.26 Å². The summed E-state index contributed by atoms with van der Waals surface area (Å²) < 4.78 is 16.3. The number of methoxy groups -OCH3 is 1. The Kier molecular flexibility index (Phi) is 5.76. The second-order valence-corrected chi connectivity index (χ2v) is 7.35. The molecule has 0 amide bonds. The first kappa shape index (κ1) is 19.3. The van der Waals surface area contributed by atoms with Crippen LogP contribution in [0.5, 0.6) is 11.5 Å². The van der Waals surface area contributed by atoms with Crippen LogP contribution in [0.2, 0.25) is 0 Å². The number of ether oxygens (including phenoxy) is 3. The van der Waals surface area contributed by atoms with Crippen molar-refractivity contribution in [2.45, 2.75) is 68.7 Å². The molecule has 0 unspecified atom stereocenters. The number of carbonyl (C=O) groups is 1. The topological polar surface area (TPSA) is 109 Å². The number of hydrogen-bond acceptors (Lipinski definition) is 6. The lowest BCUT2D eigenvalue weighted by Gasteiger charge is -2.35. The minimum Gasteiger partial charge on any atom is -0.493 e. The van der Waals surface area contributed by atoms with Crippen LogP contribution in [0.25, 0.3) is 0 Å². The van der Waals surface area contributed by atoms with Crippen LogP contribution in [0.1, 0.15) is 50.5 Å². The highest BCUT2D eigenvalue weighted by atomic mass is 16.7. The van der Waals surface area contributed by atoms with E-state index in [0.29, 0.717) is 43.6 Å². The lowest BCUT2D eigenvalue weighted by Crippen LogP contribution is -2.34. The standard InChI is InChI=1S/C20H25NO6/c1-25-17-5-2-13(10-18(17)26-16-4-3-14(22)11-16)20(12-21)8-6-15(7-9-20)27-19(23)24/h2,5,10,14-16,22H,3-4,6-9,11H2,1H3,(H,23,24)/t14-,15-,16+,20+/m0/s1. The molecule has 7 heteroatoms. The highest BCUT2D eigenvalue weighted by molar-refractivity contribution is 5.57. The van der Waals surface area contributed by atoms with E-state index in [0.717, 1.165) is 18.4 Å². The molecule has 0 spiro atoms. The van der Waals surface area contributed by atoms with Crippen molar-refractivity contribution in [1.29, 1.82) is 5.26 Å². The molecular weight excluding hydrogens is 350 g/mol. The van der Waals surface area contributed by atoms with Crippen LogP contribution in [0.15, 0.2) is 18.2 Å². The summed E-state index contributed by atoms with van der Waals surface area (Å²) >= 11 is 0. The third-order valence-electron chi connectivity index (χ3n) is 5.63. The fraction of sp³-hybridized carbons (Fsp3) is 0.600. The number of benzene rings is 1. The maximum atomic E-state index is 10.7. The quantitative estimate of drug-likeness (QED) is 0.759. The third-order valence-corrected chi connectivity index (χ3v) is 5.63. The van der Waals surface area contributed by atoms with E-state index in [2.05, 4.69) is 6.07 Å². The number of hydrogen-bond donors (Lipinski definition) is 2. The molecule has 2 N–H and O–H groups in total. The molecule has 3 rings (SSSR count). The van der Waals surface area contributed by atoms with Gasteiger partial charge in [0.1, 0.15) is 12.2 Å². The smallest absolute Gasteiger partial charge is 0.493 e. The van der Waals surface area contributed by atoms with Crippen LogP contribution in [0.3, 0.4) is 0 Å². The van der Waals surface area contributed by atoms with Crippen molar-refractivity contribution in [3.8, 4) is 17.6 Å². The summed E-state index contributed by atoms with van der Waals surface area (Å²) in [4.78, 5) is 10.7. The summed E-state index contributed by atoms with van der Waals surface area (Å²) in [6.45, 7) is 0. The highest BCUT2D eigenvalue weighted by Gasteiger charge is 2.39. The molecule has 2 saturated carbocycles. The number of rotatable bonds is 5. The zero-order valence-electron chi connectivity index (χ0n) is 15.4. The van der Waals surface area contributed by atoms with Crippen molar-refractivity contribution in [3.63, 3.8) is 0 Å². The van der Waals surface area contributed by atoms with Gasteiger partial charge in [0.05, 0.1) is 24.7 Å². The third kappa shape index (κ3) is 4.28. The van der Waals surface area contributed by atoms with Crippen molar-refractivity contribution in [2.24, 2.45) is 0 Å². The van der Waals surface area contributed by atoms with Crippen LogP contribution in [0, 0.1) is 11.3 Å². The van der Waals surface area contributed by atoms with Gasteiger partial charge < -0.3 is 24.4 Å². The molecule has 2 atom stereocenters. The SMILES string of the molecule is COc1ccc([C@]2(C#N)CC[C@H](OC(=O)O)CC2)cc1O[C@@H]1CC[C@H](O)C1. The van der Waals surface area contributed by atoms with Gasteiger partial charge in [-0.3, -0.25) is 0 Å². The van der Waals surface area contributed by atoms with Crippen LogP contribution in [0.4, 0.5) is 4.79 Å². The van der Waals surface area contributed by atoms with Gasteiger partial charge in [0.2, 0.25) is 0 Å². The summed E-state index contributed by atoms with van der Waals surface area (Å²) in [6.07, 6.45) is 2.12. The summed E-state index contributed by atoms with van der Waals surface area (Å²) in [5.74, 6) is 1.17. The fourth-order valence-corrected chi connectivity index (χ4v) is 4.08. The van der Waals surface area contributed by atoms with Gasteiger partial charge in [-0.15, -0.1) is 0 Å². The number of nitriles is 1. The second-order valence-electron chi connectivity index (χ2n) is 7.35. The normalized spacial score (nSPS) is 30.3. The number of aliphatic hydroxyl groups is 1. The van der Waals surface area contributed by atoms with Crippen molar-refractivity contribution in [1.82, 2.24) is 0 Å². The number of aliphatic hydroxyl groups excluding tert-OH is 1. The summed E-state index contributed by atoms with van der Waals surface area (Å²) in [6, 6.07) is 7.96. The molecule has 27 heavy (non-hydrogen) atoms. The molecule has 2 fully saturated rings. The zero-order valence-corrected chi connectivity index (χ0v) is 15.4. The molecule has 0 aromatic heterocycles. The first-order chi connectivity index (χ1) is 13.0. The molecule has 1 aromatic rings. The Hall–Kier alpha value is -2.46. The Bertz CT molecular complexity index is 720. The average Bonchev–Trinajstić information content (AvgIpc) is 3.07. The summed E-state index contributed by atoms with van der Waals surface area (Å²) in [5.41, 5.74) is 0.144. The fourth-order valence-electron chi connectivity index (χ4n) is 4.08. The maximum Gasteiger partial charge on any atom is 0.506 e. The van der Waals surface area contributed by atoms with E-state index in [9.17, 15) is 15.2 Å². The van der Waals surface area contributed by atoms with E-state index < -0.39 is 11.6 Å². The Labute approximate surface area is 158 Å². The van der Waals surface area contributed by atoms with Gasteiger partial charge in [0.25, 0.3) is 0 Å². The molecule has 2 aliphatic carbocycles. The van der Waals surface area contributed by atoms with Gasteiger partial charge in [-0.1, -0.05) is 6.07 Å². The maximum absolute atomic E-state index is 10.7. The van der Waals surface area contributed by atoms with E-state index in [1.165, 1.54) is 0 Å². The summed E-state index contributed by atoms with van der Waals surface area (Å²) in [5, 5.41) is 28.4. The van der Waals surface area contributed by atoms with Crippen LogP contribution < -0.4 is 9.47 Å². The van der Waals surface area contributed by atoms with E-state index in [1.807, 2.05) is 12.1 Å². The van der Waals surface area contributed by atoms with Crippen molar-refractivity contribution < 1.29 is 29.2 Å². The van der Waals surface area contributed by atoms with Crippen LogP contribution in [-0.2, 0) is 10.2 Å². The number of carboxylic acid groups (broad SMARTS) is 1. The molecule has 0 aliphatic heterocycles. The van der Waals surface area contributed by atoms with Gasteiger partial charge in [0.15, 0.2) is 11.5 Å². The van der Waals surface area contributed by atoms with Gasteiger partial charge in [-0.25, -0.2) is 4.79 Å². The second kappa shape index (κ2) is 8.05. The first-order valence-electron chi connectivity index (χ1n) is 9.30. The lowest BCUT2D eigenvalue weighted by molar-refractivity contribution is 0.0286. The Morgan fingerprint density at radius 2 is 1.93 bits per heavy atom. The van der Waals surface area contributed by atoms with E-state index in [4.69, 9.17) is 19.3 Å². The van der Waals surface area contributed by atoms with Crippen molar-refractivity contribution >= 4 is 6.16 Å². The van der Waals surface area contributed by atoms with E-state index >= 15 is 0 Å². The predicted molar refractivity (Wildman–Crippen MR) is 95.9 cm³/mol. The average molecular weight is 375 g/mol. The van der Waals surface area contributed by atoms with E-state index in [-0.39, 0.29) is 18.3 Å². The van der Waals surface area contributed by atoms with Crippen molar-refractivity contribution in [3.05, 3.63) is 23.8 Å². The zero-order chi connectivity index (χ0) is 19.4. The van der Waals surface area contributed by atoms with Gasteiger partial charge in [0, 0.05) is 6.42 Å². The van der Waals surface area contributed by atoms with Gasteiger partial charge >= 0.3 is 6.16 Å². The molecule has 2 aliphatic rings. The van der Waals surface area contributed by atoms with E-state index in [1.54, 1.807) is 13.2 Å². The van der Waals surface area contributed by atoms with Crippen LogP contribution in [-0.4, -0.2) is 41.8 Å². The van der Waals surface area contributed by atoms with Crippen molar-refractivity contribution in [2.75, 3.05) is 7.11 Å². The Morgan fingerprint density at radius 1 is 1.19 bits per heavy atom. The predicted octanol–water partition coefficient (Wildman–Crippen LogP) is 3.39. The molecule has 146 valence electrons. The lowest BCUT2D eigenvalue weighted by atomic mass is 9.69. The minimum absolute atomic E-state index is 0.0677. The van der Waals surface area contributed by atoms with Crippen LogP contribution >= 0.6 is 0 Å². The molecule has 0 bridgehead atoms. The minimum atomic E-state index is -1.27. The summed E-state index contributed by atoms with van der Waals surface area (Å²) in [7, 11) is 1.57. The number of nitrogens with zero attached hydrogens (tertiary/aromatic N) is 1. The molecule has 1 aromatic carbocycles. The molecule has 0 radical (unpaired) electrons. The van der Waals surface area contributed by atoms with Gasteiger partial charge in [-0.05, 0) is 56.2 Å². The Morgan fingerprint density at radius 3 is 2.48 bits per heavy atom. The highest BCUT2D eigenvalue weighted by Crippen LogP contribution is 2.43. The molecule has 0 saturated heterocycles. The monoisotopic (exact) mass is 375 g/mol. The largest absolute Gasteiger partial charge is 0.506 e. The Balaban J connectivity index is 1.79. The first-order valence-corrected chi connectivity index (χ1v) is 9.30.